The highest BCUT2D eigenvalue weighted by Crippen LogP contribution is 2.11. The maximum absolute atomic E-state index is 10.9. The normalized spacial score (nSPS) is 12.0. The van der Waals surface area contributed by atoms with E-state index in [1.807, 2.05) is 0 Å². The van der Waals surface area contributed by atoms with E-state index < -0.39 is 12.0 Å². The molecular weight excluding hydrogens is 222 g/mol. The Hall–Kier alpha value is -1.85. The minimum absolute atomic E-state index is 0.150. The zero-order valence-electron chi connectivity index (χ0n) is 9.30. The largest absolute Gasteiger partial charge is 0.508 e. The van der Waals surface area contributed by atoms with Crippen LogP contribution in [-0.4, -0.2) is 28.8 Å². The first kappa shape index (κ1) is 13.2. The second kappa shape index (κ2) is 6.67. The minimum Gasteiger partial charge on any atom is -0.508 e. The van der Waals surface area contributed by atoms with Crippen LogP contribution in [0.2, 0.25) is 0 Å². The average molecular weight is 237 g/mol. The molecule has 0 aliphatic rings. The molecule has 0 saturated heterocycles. The molecule has 0 aliphatic carbocycles. The summed E-state index contributed by atoms with van der Waals surface area (Å²) in [6.45, 7) is 3.69. The first-order valence-corrected chi connectivity index (χ1v) is 5.12. The molecule has 0 aliphatic heterocycles. The van der Waals surface area contributed by atoms with Crippen LogP contribution in [0.25, 0.3) is 0 Å². The van der Waals surface area contributed by atoms with Crippen molar-refractivity contribution >= 4 is 5.97 Å². The standard InChI is InChI=1S/C12H15NO4/c1-2-7-17-13-11(12(15)16)8-9-3-5-10(14)6-4-9/h2-6,11,13-14H,1,7-8H2,(H,15,16)/t11-/m0/s1. The first-order chi connectivity index (χ1) is 8.13. The third-order valence-corrected chi connectivity index (χ3v) is 2.10. The summed E-state index contributed by atoms with van der Waals surface area (Å²) in [4.78, 5) is 15.9. The van der Waals surface area contributed by atoms with Crippen molar-refractivity contribution in [1.29, 1.82) is 0 Å². The van der Waals surface area contributed by atoms with Gasteiger partial charge in [-0.05, 0) is 17.7 Å². The predicted octanol–water partition coefficient (Wildman–Crippen LogP) is 1.10. The summed E-state index contributed by atoms with van der Waals surface area (Å²) in [6, 6.07) is 5.53. The van der Waals surface area contributed by atoms with Gasteiger partial charge in [-0.15, -0.1) is 6.58 Å². The average Bonchev–Trinajstić information content (AvgIpc) is 2.30. The lowest BCUT2D eigenvalue weighted by Crippen LogP contribution is -2.38. The monoisotopic (exact) mass is 237 g/mol. The highest BCUT2D eigenvalue weighted by atomic mass is 16.6. The summed E-state index contributed by atoms with van der Waals surface area (Å²) in [5.74, 6) is -0.848. The van der Waals surface area contributed by atoms with Crippen LogP contribution < -0.4 is 5.48 Å². The Kier molecular flexibility index (Phi) is 5.19. The number of rotatable bonds is 7. The van der Waals surface area contributed by atoms with Gasteiger partial charge in [0.1, 0.15) is 11.8 Å². The van der Waals surface area contributed by atoms with E-state index in [0.29, 0.717) is 0 Å². The number of aliphatic carboxylic acids is 1. The zero-order chi connectivity index (χ0) is 12.7. The minimum atomic E-state index is -0.998. The van der Waals surface area contributed by atoms with E-state index in [4.69, 9.17) is 15.1 Å². The number of phenolic OH excluding ortho intramolecular Hbond substituents is 1. The van der Waals surface area contributed by atoms with Crippen LogP contribution in [0, 0.1) is 0 Å². The number of benzene rings is 1. The number of hydrogen-bond donors (Lipinski definition) is 3. The van der Waals surface area contributed by atoms with Crippen molar-refractivity contribution in [1.82, 2.24) is 5.48 Å². The molecule has 1 aromatic carbocycles. The van der Waals surface area contributed by atoms with Crippen LogP contribution in [-0.2, 0) is 16.1 Å². The number of carboxylic acid groups (broad SMARTS) is 1. The molecule has 1 atom stereocenters. The Morgan fingerprint density at radius 1 is 1.47 bits per heavy atom. The smallest absolute Gasteiger partial charge is 0.323 e. The van der Waals surface area contributed by atoms with Crippen LogP contribution in [0.5, 0.6) is 5.75 Å². The molecule has 5 nitrogen and oxygen atoms in total. The van der Waals surface area contributed by atoms with Gasteiger partial charge in [0, 0.05) is 6.42 Å². The van der Waals surface area contributed by atoms with E-state index in [0.717, 1.165) is 5.56 Å². The lowest BCUT2D eigenvalue weighted by molar-refractivity contribution is -0.143. The Balaban J connectivity index is 2.56. The topological polar surface area (TPSA) is 78.8 Å². The third-order valence-electron chi connectivity index (χ3n) is 2.10. The van der Waals surface area contributed by atoms with E-state index >= 15 is 0 Å². The maximum Gasteiger partial charge on any atom is 0.323 e. The molecule has 0 bridgehead atoms. The molecule has 0 heterocycles. The second-order valence-corrected chi connectivity index (χ2v) is 3.48. The molecule has 0 fully saturated rings. The summed E-state index contributed by atoms with van der Waals surface area (Å²) in [5, 5.41) is 18.1. The lowest BCUT2D eigenvalue weighted by Gasteiger charge is -2.13. The Morgan fingerprint density at radius 3 is 2.65 bits per heavy atom. The molecule has 0 amide bonds. The van der Waals surface area contributed by atoms with Crippen molar-refractivity contribution in [2.45, 2.75) is 12.5 Å². The molecule has 0 aromatic heterocycles. The van der Waals surface area contributed by atoms with Crippen molar-refractivity contribution in [3.63, 3.8) is 0 Å². The van der Waals surface area contributed by atoms with Crippen LogP contribution in [0.4, 0.5) is 0 Å². The van der Waals surface area contributed by atoms with Gasteiger partial charge >= 0.3 is 5.97 Å². The summed E-state index contributed by atoms with van der Waals surface area (Å²) in [6.07, 6.45) is 1.79. The number of hydroxylamine groups is 1. The van der Waals surface area contributed by atoms with E-state index in [9.17, 15) is 4.79 Å². The van der Waals surface area contributed by atoms with Gasteiger partial charge in [0.25, 0.3) is 0 Å². The summed E-state index contributed by atoms with van der Waals surface area (Å²) in [7, 11) is 0. The highest BCUT2D eigenvalue weighted by Gasteiger charge is 2.17. The van der Waals surface area contributed by atoms with Gasteiger partial charge < -0.3 is 10.2 Å². The fourth-order valence-corrected chi connectivity index (χ4v) is 1.25. The zero-order valence-corrected chi connectivity index (χ0v) is 9.30. The number of hydrogen-bond acceptors (Lipinski definition) is 4. The van der Waals surface area contributed by atoms with Crippen LogP contribution in [0.1, 0.15) is 5.56 Å². The van der Waals surface area contributed by atoms with Gasteiger partial charge in [0.2, 0.25) is 0 Å². The molecule has 1 rings (SSSR count). The summed E-state index contributed by atoms with van der Waals surface area (Å²) in [5.41, 5.74) is 3.25. The van der Waals surface area contributed by atoms with Crippen molar-refractivity contribution in [2.24, 2.45) is 0 Å². The molecular formula is C12H15NO4. The molecule has 92 valence electrons. The van der Waals surface area contributed by atoms with E-state index in [-0.39, 0.29) is 18.8 Å². The molecule has 17 heavy (non-hydrogen) atoms. The molecule has 3 N–H and O–H groups in total. The lowest BCUT2D eigenvalue weighted by atomic mass is 10.1. The van der Waals surface area contributed by atoms with Gasteiger partial charge in [-0.25, -0.2) is 0 Å². The molecule has 5 heteroatoms. The fraction of sp³-hybridized carbons (Fsp3) is 0.250. The van der Waals surface area contributed by atoms with Crippen LogP contribution in [0.3, 0.4) is 0 Å². The van der Waals surface area contributed by atoms with E-state index in [1.165, 1.54) is 18.2 Å². The summed E-state index contributed by atoms with van der Waals surface area (Å²) < 4.78 is 0. The fourth-order valence-electron chi connectivity index (χ4n) is 1.25. The first-order valence-electron chi connectivity index (χ1n) is 5.12. The Labute approximate surface area is 99.3 Å². The number of carboxylic acids is 1. The van der Waals surface area contributed by atoms with Crippen molar-refractivity contribution in [2.75, 3.05) is 6.61 Å². The molecule has 0 unspecified atom stereocenters. The second-order valence-electron chi connectivity index (χ2n) is 3.48. The van der Waals surface area contributed by atoms with Crippen LogP contribution in [0.15, 0.2) is 36.9 Å². The number of phenols is 1. The SMILES string of the molecule is C=CCON[C@@H](Cc1ccc(O)cc1)C(=O)O. The maximum atomic E-state index is 10.9. The predicted molar refractivity (Wildman–Crippen MR) is 62.5 cm³/mol. The van der Waals surface area contributed by atoms with E-state index in [2.05, 4.69) is 12.1 Å². The summed E-state index contributed by atoms with van der Waals surface area (Å²) >= 11 is 0. The van der Waals surface area contributed by atoms with Gasteiger partial charge in [-0.2, -0.15) is 5.48 Å². The van der Waals surface area contributed by atoms with Crippen molar-refractivity contribution in [3.8, 4) is 5.75 Å². The Morgan fingerprint density at radius 2 is 2.12 bits per heavy atom. The van der Waals surface area contributed by atoms with Crippen LogP contribution >= 0.6 is 0 Å². The third kappa shape index (κ3) is 4.67. The van der Waals surface area contributed by atoms with Crippen molar-refractivity contribution in [3.05, 3.63) is 42.5 Å². The van der Waals surface area contributed by atoms with Gasteiger partial charge in [0.15, 0.2) is 0 Å². The highest BCUT2D eigenvalue weighted by molar-refractivity contribution is 5.73. The molecule has 0 spiro atoms. The molecule has 0 saturated carbocycles. The van der Waals surface area contributed by atoms with Gasteiger partial charge in [-0.3, -0.25) is 9.63 Å². The molecule has 1 aromatic rings. The number of nitrogens with one attached hydrogen (secondary N) is 1. The van der Waals surface area contributed by atoms with Crippen molar-refractivity contribution < 1.29 is 19.8 Å². The van der Waals surface area contributed by atoms with Gasteiger partial charge in [0.05, 0.1) is 6.61 Å². The quantitative estimate of drug-likeness (QED) is 0.376. The number of aromatic hydroxyl groups is 1. The Bertz CT molecular complexity index is 375. The number of carbonyl (C=O) groups is 1. The van der Waals surface area contributed by atoms with Gasteiger partial charge in [-0.1, -0.05) is 18.2 Å². The molecule has 0 radical (unpaired) electrons. The van der Waals surface area contributed by atoms with E-state index in [1.54, 1.807) is 12.1 Å².